The van der Waals surface area contributed by atoms with Gasteiger partial charge in [0.1, 0.15) is 0 Å². The number of ether oxygens (including phenoxy) is 1. The van der Waals surface area contributed by atoms with Gasteiger partial charge in [-0.05, 0) is 36.8 Å². The van der Waals surface area contributed by atoms with Crippen LogP contribution in [0.5, 0.6) is 11.5 Å². The third kappa shape index (κ3) is 2.60. The van der Waals surface area contributed by atoms with Crippen LogP contribution in [0.1, 0.15) is 29.1 Å². The second kappa shape index (κ2) is 6.11. The van der Waals surface area contributed by atoms with Gasteiger partial charge in [-0.1, -0.05) is 6.07 Å². The lowest BCUT2D eigenvalue weighted by Crippen LogP contribution is -2.23. The van der Waals surface area contributed by atoms with Gasteiger partial charge in [-0.3, -0.25) is 9.59 Å². The van der Waals surface area contributed by atoms with Crippen LogP contribution in [0.2, 0.25) is 0 Å². The smallest absolute Gasteiger partial charge is 0.287 e. The van der Waals surface area contributed by atoms with E-state index in [1.165, 1.54) is 36.6 Å². The first-order chi connectivity index (χ1) is 11.5. The molecule has 2 aromatic rings. The fourth-order valence-electron chi connectivity index (χ4n) is 2.54. The topological polar surface area (TPSA) is 109 Å². The van der Waals surface area contributed by atoms with Crippen molar-refractivity contribution in [2.24, 2.45) is 0 Å². The van der Waals surface area contributed by atoms with Crippen molar-refractivity contribution in [2.75, 3.05) is 6.61 Å². The largest absolute Gasteiger partial charge is 0.504 e. The van der Waals surface area contributed by atoms with Crippen LogP contribution in [0.4, 0.5) is 0 Å². The molecule has 0 saturated heterocycles. The number of ketones is 1. The number of nitrogens with one attached hydrogen (secondary N) is 1. The Morgan fingerprint density at radius 2 is 2.12 bits per heavy atom. The number of aromatic hydroxyl groups is 1. The van der Waals surface area contributed by atoms with Gasteiger partial charge >= 0.3 is 0 Å². The van der Waals surface area contributed by atoms with E-state index in [4.69, 9.17) is 9.15 Å². The molecule has 124 valence electrons. The number of Topliss-reactive ketones (excluding diaryl/α,β-unsaturated/α-hetero) is 1. The molecular weight excluding hydrogens is 314 g/mol. The van der Waals surface area contributed by atoms with Crippen molar-refractivity contribution in [3.63, 3.8) is 0 Å². The Morgan fingerprint density at radius 1 is 1.33 bits per heavy atom. The normalized spacial score (nSPS) is 17.0. The van der Waals surface area contributed by atoms with Crippen LogP contribution in [0.15, 0.2) is 52.3 Å². The Balaban J connectivity index is 2.03. The molecular formula is C17H15NO6. The summed E-state index contributed by atoms with van der Waals surface area (Å²) in [5.41, 5.74) is 0.381. The summed E-state index contributed by atoms with van der Waals surface area (Å²) in [5.74, 6) is -1.81. The lowest BCUT2D eigenvalue weighted by atomic mass is 9.95. The molecule has 0 fully saturated rings. The molecule has 2 heterocycles. The lowest BCUT2D eigenvalue weighted by Gasteiger charge is -2.16. The van der Waals surface area contributed by atoms with E-state index in [1.54, 1.807) is 6.92 Å². The minimum Gasteiger partial charge on any atom is -0.504 e. The van der Waals surface area contributed by atoms with Gasteiger partial charge < -0.3 is 24.7 Å². The molecule has 0 aliphatic carbocycles. The van der Waals surface area contributed by atoms with Crippen molar-refractivity contribution < 1.29 is 29.0 Å². The van der Waals surface area contributed by atoms with Gasteiger partial charge in [0.15, 0.2) is 23.0 Å². The monoisotopic (exact) mass is 329 g/mol. The van der Waals surface area contributed by atoms with Crippen molar-refractivity contribution in [3.8, 4) is 11.5 Å². The number of furan rings is 1. The number of carbonyl (C=O) groups is 2. The van der Waals surface area contributed by atoms with E-state index in [-0.39, 0.29) is 22.8 Å². The first kappa shape index (κ1) is 15.7. The van der Waals surface area contributed by atoms with E-state index in [9.17, 15) is 19.8 Å². The van der Waals surface area contributed by atoms with E-state index in [2.05, 4.69) is 5.32 Å². The molecule has 1 aliphatic rings. The number of carbonyl (C=O) groups excluding carboxylic acids is 2. The van der Waals surface area contributed by atoms with Gasteiger partial charge in [0.2, 0.25) is 5.78 Å². The fourth-order valence-corrected chi connectivity index (χ4v) is 2.54. The molecule has 1 atom stereocenters. The SMILES string of the molecule is CCOc1cc([C@@H]2NC(=O)C(O)=C2C(=O)c2ccco2)ccc1O. The molecule has 24 heavy (non-hydrogen) atoms. The highest BCUT2D eigenvalue weighted by molar-refractivity contribution is 6.15. The van der Waals surface area contributed by atoms with Crippen molar-refractivity contribution in [1.29, 1.82) is 0 Å². The molecule has 0 unspecified atom stereocenters. The van der Waals surface area contributed by atoms with E-state index in [0.717, 1.165) is 0 Å². The van der Waals surface area contributed by atoms with Crippen LogP contribution in [0, 0.1) is 0 Å². The van der Waals surface area contributed by atoms with Crippen LogP contribution in [-0.4, -0.2) is 28.5 Å². The van der Waals surface area contributed by atoms with Gasteiger partial charge in [-0.2, -0.15) is 0 Å². The molecule has 0 bridgehead atoms. The molecule has 7 heteroatoms. The molecule has 1 aromatic carbocycles. The minimum absolute atomic E-state index is 0.0156. The summed E-state index contributed by atoms with van der Waals surface area (Å²) in [6.45, 7) is 2.11. The maximum atomic E-state index is 12.5. The van der Waals surface area contributed by atoms with Crippen LogP contribution in [0.3, 0.4) is 0 Å². The highest BCUT2D eigenvalue weighted by atomic mass is 16.5. The third-order valence-electron chi connectivity index (χ3n) is 3.64. The Kier molecular flexibility index (Phi) is 3.99. The highest BCUT2D eigenvalue weighted by Crippen LogP contribution is 2.36. The Bertz CT molecular complexity index is 822. The molecule has 0 spiro atoms. The zero-order valence-electron chi connectivity index (χ0n) is 12.8. The maximum Gasteiger partial charge on any atom is 0.287 e. The van der Waals surface area contributed by atoms with E-state index in [1.807, 2.05) is 0 Å². The van der Waals surface area contributed by atoms with Crippen molar-refractivity contribution >= 4 is 11.7 Å². The molecule has 1 amide bonds. The quantitative estimate of drug-likeness (QED) is 0.726. The van der Waals surface area contributed by atoms with Gasteiger partial charge in [-0.25, -0.2) is 0 Å². The second-order valence-corrected chi connectivity index (χ2v) is 5.14. The summed E-state index contributed by atoms with van der Waals surface area (Å²) < 4.78 is 10.4. The Labute approximate surface area is 137 Å². The van der Waals surface area contributed by atoms with Gasteiger partial charge in [-0.15, -0.1) is 0 Å². The van der Waals surface area contributed by atoms with Crippen LogP contribution in [0.25, 0.3) is 0 Å². The van der Waals surface area contributed by atoms with Gasteiger partial charge in [0.05, 0.1) is 24.5 Å². The molecule has 0 radical (unpaired) electrons. The number of amides is 1. The predicted octanol–water partition coefficient (Wildman–Crippen LogP) is 2.25. The van der Waals surface area contributed by atoms with Gasteiger partial charge in [0, 0.05) is 0 Å². The number of hydrogen-bond acceptors (Lipinski definition) is 6. The zero-order chi connectivity index (χ0) is 17.3. The molecule has 3 rings (SSSR count). The second-order valence-electron chi connectivity index (χ2n) is 5.14. The number of aliphatic hydroxyl groups excluding tert-OH is 1. The van der Waals surface area contributed by atoms with E-state index in [0.29, 0.717) is 12.2 Å². The summed E-state index contributed by atoms with van der Waals surface area (Å²) >= 11 is 0. The van der Waals surface area contributed by atoms with Crippen molar-refractivity contribution in [3.05, 3.63) is 59.3 Å². The Hall–Kier alpha value is -3.22. The number of rotatable bonds is 5. The summed E-state index contributed by atoms with van der Waals surface area (Å²) in [7, 11) is 0. The zero-order valence-corrected chi connectivity index (χ0v) is 12.8. The predicted molar refractivity (Wildman–Crippen MR) is 82.9 cm³/mol. The maximum absolute atomic E-state index is 12.5. The summed E-state index contributed by atoms with van der Waals surface area (Å²) in [6, 6.07) is 6.57. The minimum atomic E-state index is -0.866. The average Bonchev–Trinajstić information content (AvgIpc) is 3.19. The highest BCUT2D eigenvalue weighted by Gasteiger charge is 2.38. The number of phenols is 1. The molecule has 7 nitrogen and oxygen atoms in total. The number of aliphatic hydroxyl groups is 1. The van der Waals surface area contributed by atoms with E-state index >= 15 is 0 Å². The summed E-state index contributed by atoms with van der Waals surface area (Å²) in [4.78, 5) is 24.4. The molecule has 0 saturated carbocycles. The average molecular weight is 329 g/mol. The standard InChI is InChI=1S/C17H15NO6/c1-2-23-12-8-9(5-6-10(12)19)14-13(16(21)17(22)18-14)15(20)11-4-3-7-24-11/h3-8,14,19,21H,2H2,1H3,(H,18,22)/t14-/m0/s1. The van der Waals surface area contributed by atoms with Crippen molar-refractivity contribution in [1.82, 2.24) is 5.32 Å². The third-order valence-corrected chi connectivity index (χ3v) is 3.64. The van der Waals surface area contributed by atoms with Crippen LogP contribution >= 0.6 is 0 Å². The molecule has 1 aromatic heterocycles. The first-order valence-corrected chi connectivity index (χ1v) is 7.30. The lowest BCUT2D eigenvalue weighted by molar-refractivity contribution is -0.119. The van der Waals surface area contributed by atoms with Gasteiger partial charge in [0.25, 0.3) is 5.91 Å². The summed E-state index contributed by atoms with van der Waals surface area (Å²) in [6.07, 6.45) is 1.33. The van der Waals surface area contributed by atoms with Crippen LogP contribution < -0.4 is 10.1 Å². The van der Waals surface area contributed by atoms with E-state index < -0.39 is 23.5 Å². The molecule has 3 N–H and O–H groups in total. The first-order valence-electron chi connectivity index (χ1n) is 7.30. The summed E-state index contributed by atoms with van der Waals surface area (Å²) in [5, 5.41) is 22.3. The van der Waals surface area contributed by atoms with Crippen LogP contribution in [-0.2, 0) is 4.79 Å². The molecule has 1 aliphatic heterocycles. The number of phenolic OH excluding ortho intramolecular Hbond substituents is 1. The van der Waals surface area contributed by atoms with Crippen molar-refractivity contribution in [2.45, 2.75) is 13.0 Å². The fraction of sp³-hybridized carbons (Fsp3) is 0.176. The number of hydrogen-bond donors (Lipinski definition) is 3. The number of benzene rings is 1. The Morgan fingerprint density at radius 3 is 2.79 bits per heavy atom.